The SMILES string of the molecule is N#CCc1cnc(C(F)F)c(O)c1. The van der Waals surface area contributed by atoms with Crippen molar-refractivity contribution in [3.63, 3.8) is 0 Å². The van der Waals surface area contributed by atoms with Gasteiger partial charge < -0.3 is 5.11 Å². The maximum Gasteiger partial charge on any atom is 0.284 e. The van der Waals surface area contributed by atoms with Gasteiger partial charge in [-0.05, 0) is 11.6 Å². The molecule has 0 aliphatic rings. The first-order valence-electron chi connectivity index (χ1n) is 3.48. The zero-order valence-electron chi connectivity index (χ0n) is 6.54. The Morgan fingerprint density at radius 1 is 1.62 bits per heavy atom. The molecule has 0 amide bonds. The second kappa shape index (κ2) is 3.81. The highest BCUT2D eigenvalue weighted by Gasteiger charge is 2.14. The fourth-order valence-electron chi connectivity index (χ4n) is 0.862. The molecule has 0 fully saturated rings. The molecule has 68 valence electrons. The van der Waals surface area contributed by atoms with Gasteiger partial charge in [0.15, 0.2) is 0 Å². The number of rotatable bonds is 2. The number of hydrogen-bond acceptors (Lipinski definition) is 3. The van der Waals surface area contributed by atoms with Gasteiger partial charge in [-0.1, -0.05) is 0 Å². The molecular formula is C8H6F2N2O. The largest absolute Gasteiger partial charge is 0.506 e. The van der Waals surface area contributed by atoms with Gasteiger partial charge in [-0.15, -0.1) is 0 Å². The molecule has 5 heteroatoms. The van der Waals surface area contributed by atoms with Crippen molar-refractivity contribution in [2.45, 2.75) is 12.8 Å². The van der Waals surface area contributed by atoms with Gasteiger partial charge in [0, 0.05) is 6.20 Å². The molecule has 1 N–H and O–H groups in total. The van der Waals surface area contributed by atoms with Crippen molar-refractivity contribution >= 4 is 0 Å². The normalized spacial score (nSPS) is 10.0. The van der Waals surface area contributed by atoms with Crippen LogP contribution in [0.15, 0.2) is 12.3 Å². The van der Waals surface area contributed by atoms with Crippen LogP contribution in [0.3, 0.4) is 0 Å². The van der Waals surface area contributed by atoms with Crippen molar-refractivity contribution in [2.24, 2.45) is 0 Å². The summed E-state index contributed by atoms with van der Waals surface area (Å²) in [5, 5.41) is 17.3. The third kappa shape index (κ3) is 2.12. The number of aromatic nitrogens is 1. The zero-order chi connectivity index (χ0) is 9.84. The third-order valence-corrected chi connectivity index (χ3v) is 1.44. The summed E-state index contributed by atoms with van der Waals surface area (Å²) in [6, 6.07) is 2.94. The van der Waals surface area contributed by atoms with Crippen LogP contribution in [0.5, 0.6) is 5.75 Å². The molecule has 0 aromatic carbocycles. The molecule has 0 aliphatic carbocycles. The van der Waals surface area contributed by atoms with Crippen molar-refractivity contribution in [1.82, 2.24) is 4.98 Å². The predicted molar refractivity (Wildman–Crippen MR) is 40.2 cm³/mol. The summed E-state index contributed by atoms with van der Waals surface area (Å²) < 4.78 is 24.1. The Balaban J connectivity index is 3.00. The van der Waals surface area contributed by atoms with Crippen LogP contribution in [0.4, 0.5) is 8.78 Å². The van der Waals surface area contributed by atoms with Crippen LogP contribution in [0.2, 0.25) is 0 Å². The molecule has 0 radical (unpaired) electrons. The molecule has 0 aliphatic heterocycles. The Morgan fingerprint density at radius 3 is 2.77 bits per heavy atom. The number of pyridine rings is 1. The molecule has 0 unspecified atom stereocenters. The molecular weight excluding hydrogens is 178 g/mol. The van der Waals surface area contributed by atoms with E-state index in [9.17, 15) is 8.78 Å². The van der Waals surface area contributed by atoms with Crippen LogP contribution >= 0.6 is 0 Å². The number of nitriles is 1. The van der Waals surface area contributed by atoms with Gasteiger partial charge in [0.1, 0.15) is 11.4 Å². The fourth-order valence-corrected chi connectivity index (χ4v) is 0.862. The van der Waals surface area contributed by atoms with E-state index >= 15 is 0 Å². The Labute approximate surface area is 73.3 Å². The van der Waals surface area contributed by atoms with E-state index in [-0.39, 0.29) is 6.42 Å². The molecule has 0 saturated carbocycles. The lowest BCUT2D eigenvalue weighted by atomic mass is 10.2. The molecule has 1 aromatic heterocycles. The highest BCUT2D eigenvalue weighted by molar-refractivity contribution is 5.31. The van der Waals surface area contributed by atoms with Crippen molar-refractivity contribution in [2.75, 3.05) is 0 Å². The second-order valence-electron chi connectivity index (χ2n) is 2.38. The van der Waals surface area contributed by atoms with Gasteiger partial charge in [0.05, 0.1) is 12.5 Å². The summed E-state index contributed by atoms with van der Waals surface area (Å²) in [5.74, 6) is -0.567. The van der Waals surface area contributed by atoms with Gasteiger partial charge in [-0.2, -0.15) is 5.26 Å². The monoisotopic (exact) mass is 184 g/mol. The van der Waals surface area contributed by atoms with Crippen molar-refractivity contribution < 1.29 is 13.9 Å². The third-order valence-electron chi connectivity index (χ3n) is 1.44. The van der Waals surface area contributed by atoms with Crippen LogP contribution in [0.1, 0.15) is 17.7 Å². The molecule has 3 nitrogen and oxygen atoms in total. The average molecular weight is 184 g/mol. The minimum absolute atomic E-state index is 0.0457. The van der Waals surface area contributed by atoms with E-state index in [1.54, 1.807) is 0 Å². The summed E-state index contributed by atoms with van der Waals surface area (Å²) >= 11 is 0. The maximum absolute atomic E-state index is 12.1. The van der Waals surface area contributed by atoms with E-state index in [1.807, 2.05) is 6.07 Å². The van der Waals surface area contributed by atoms with Gasteiger partial charge in [0.25, 0.3) is 6.43 Å². The van der Waals surface area contributed by atoms with Crippen LogP contribution in [0.25, 0.3) is 0 Å². The second-order valence-corrected chi connectivity index (χ2v) is 2.38. The molecule has 1 rings (SSSR count). The minimum atomic E-state index is -2.80. The first-order valence-corrected chi connectivity index (χ1v) is 3.48. The highest BCUT2D eigenvalue weighted by Crippen LogP contribution is 2.26. The summed E-state index contributed by atoms with van der Waals surface area (Å²) in [4.78, 5) is 3.35. The molecule has 0 saturated heterocycles. The van der Waals surface area contributed by atoms with Crippen LogP contribution in [-0.2, 0) is 6.42 Å². The number of nitrogens with zero attached hydrogens (tertiary/aromatic N) is 2. The molecule has 1 aromatic rings. The number of alkyl halides is 2. The molecule has 0 atom stereocenters. The van der Waals surface area contributed by atoms with Crippen molar-refractivity contribution in [3.05, 3.63) is 23.5 Å². The van der Waals surface area contributed by atoms with E-state index in [0.29, 0.717) is 5.56 Å². The predicted octanol–water partition coefficient (Wildman–Crippen LogP) is 1.79. The number of aromatic hydroxyl groups is 1. The lowest BCUT2D eigenvalue weighted by Gasteiger charge is -2.02. The summed E-state index contributed by atoms with van der Waals surface area (Å²) in [7, 11) is 0. The van der Waals surface area contributed by atoms with E-state index in [0.717, 1.165) is 12.3 Å². The van der Waals surface area contributed by atoms with E-state index in [4.69, 9.17) is 10.4 Å². The number of halogens is 2. The molecule has 0 bridgehead atoms. The first kappa shape index (κ1) is 9.39. The Hall–Kier alpha value is -1.70. The lowest BCUT2D eigenvalue weighted by Crippen LogP contribution is -1.93. The quantitative estimate of drug-likeness (QED) is 0.762. The highest BCUT2D eigenvalue weighted by atomic mass is 19.3. The standard InChI is InChI=1S/C8H6F2N2O/c9-8(10)7-6(13)3-5(1-2-11)4-12-7/h3-4,8,13H,1H2. The van der Waals surface area contributed by atoms with E-state index in [1.165, 1.54) is 0 Å². The zero-order valence-corrected chi connectivity index (χ0v) is 6.54. The maximum atomic E-state index is 12.1. The Bertz CT molecular complexity index is 346. The Morgan fingerprint density at radius 2 is 2.31 bits per heavy atom. The fraction of sp³-hybridized carbons (Fsp3) is 0.250. The van der Waals surface area contributed by atoms with Gasteiger partial charge in [-0.3, -0.25) is 4.98 Å². The minimum Gasteiger partial charge on any atom is -0.506 e. The van der Waals surface area contributed by atoms with Crippen molar-refractivity contribution in [1.29, 1.82) is 5.26 Å². The summed E-state index contributed by atoms with van der Waals surface area (Å²) in [5.41, 5.74) is -0.230. The topological polar surface area (TPSA) is 56.9 Å². The van der Waals surface area contributed by atoms with E-state index in [2.05, 4.69) is 4.98 Å². The van der Waals surface area contributed by atoms with E-state index < -0.39 is 17.9 Å². The van der Waals surface area contributed by atoms with Crippen molar-refractivity contribution in [3.8, 4) is 11.8 Å². The molecule has 0 spiro atoms. The average Bonchev–Trinajstić information content (AvgIpc) is 2.04. The smallest absolute Gasteiger partial charge is 0.284 e. The first-order chi connectivity index (χ1) is 6.15. The summed E-state index contributed by atoms with van der Waals surface area (Å²) in [6.07, 6.45) is -1.59. The summed E-state index contributed by atoms with van der Waals surface area (Å²) in [6.45, 7) is 0. The lowest BCUT2D eigenvalue weighted by molar-refractivity contribution is 0.142. The van der Waals surface area contributed by atoms with Crippen LogP contribution in [0, 0.1) is 11.3 Å². The van der Waals surface area contributed by atoms with Gasteiger partial charge >= 0.3 is 0 Å². The molecule has 1 heterocycles. The molecule has 13 heavy (non-hydrogen) atoms. The Kier molecular flexibility index (Phi) is 2.75. The van der Waals surface area contributed by atoms with Crippen LogP contribution in [-0.4, -0.2) is 10.1 Å². The van der Waals surface area contributed by atoms with Gasteiger partial charge in [-0.25, -0.2) is 8.78 Å². The number of hydrogen-bond donors (Lipinski definition) is 1. The van der Waals surface area contributed by atoms with Gasteiger partial charge in [0.2, 0.25) is 0 Å². The van der Waals surface area contributed by atoms with Crippen LogP contribution < -0.4 is 0 Å².